The summed E-state index contributed by atoms with van der Waals surface area (Å²) < 4.78 is 66.1. The molecule has 204 valence electrons. The van der Waals surface area contributed by atoms with Crippen LogP contribution in [0.15, 0.2) is 48.8 Å². The lowest BCUT2D eigenvalue weighted by molar-refractivity contribution is -0.138. The SMILES string of the molecule is CN(CCO)C(=O)c1cccc(Nc2ncc(C(F)(F)F)c(CCc3cccnc3N(C)S(C)(=O)=O)n2)c1. The quantitative estimate of drug-likeness (QED) is 0.393. The summed E-state index contributed by atoms with van der Waals surface area (Å²) in [6.45, 7) is -0.0616. The van der Waals surface area contributed by atoms with Crippen molar-refractivity contribution in [2.24, 2.45) is 0 Å². The maximum Gasteiger partial charge on any atom is 0.419 e. The molecule has 10 nitrogen and oxygen atoms in total. The number of benzene rings is 1. The van der Waals surface area contributed by atoms with Crippen molar-refractivity contribution in [2.45, 2.75) is 19.0 Å². The maximum absolute atomic E-state index is 13.7. The molecule has 3 rings (SSSR count). The van der Waals surface area contributed by atoms with Crippen molar-refractivity contribution in [2.75, 3.05) is 43.1 Å². The van der Waals surface area contributed by atoms with Crippen LogP contribution < -0.4 is 9.62 Å². The number of anilines is 3. The highest BCUT2D eigenvalue weighted by atomic mass is 32.2. The number of carbonyl (C=O) groups excluding carboxylic acids is 1. The zero-order valence-electron chi connectivity index (χ0n) is 20.9. The van der Waals surface area contributed by atoms with Gasteiger partial charge in [-0.3, -0.25) is 9.10 Å². The van der Waals surface area contributed by atoms with Gasteiger partial charge in [0, 0.05) is 44.3 Å². The number of hydrogen-bond donors (Lipinski definition) is 2. The molecular formula is C24H27F3N6O4S. The number of sulfonamides is 1. The Morgan fingerprint density at radius 3 is 2.50 bits per heavy atom. The van der Waals surface area contributed by atoms with Gasteiger partial charge in [-0.2, -0.15) is 13.2 Å². The van der Waals surface area contributed by atoms with E-state index in [4.69, 9.17) is 5.11 Å². The van der Waals surface area contributed by atoms with Gasteiger partial charge in [-0.25, -0.2) is 23.4 Å². The van der Waals surface area contributed by atoms with Crippen LogP contribution in [0.3, 0.4) is 0 Å². The van der Waals surface area contributed by atoms with Gasteiger partial charge in [-0.15, -0.1) is 0 Å². The van der Waals surface area contributed by atoms with Crippen LogP contribution >= 0.6 is 0 Å². The van der Waals surface area contributed by atoms with E-state index in [1.165, 1.54) is 31.3 Å². The van der Waals surface area contributed by atoms with Gasteiger partial charge in [0.1, 0.15) is 5.82 Å². The Morgan fingerprint density at radius 1 is 1.11 bits per heavy atom. The van der Waals surface area contributed by atoms with Gasteiger partial charge >= 0.3 is 6.18 Å². The van der Waals surface area contributed by atoms with Crippen LogP contribution in [0.25, 0.3) is 0 Å². The molecule has 3 aromatic rings. The fraction of sp³-hybridized carbons (Fsp3) is 0.333. The van der Waals surface area contributed by atoms with Gasteiger partial charge in [0.2, 0.25) is 16.0 Å². The van der Waals surface area contributed by atoms with E-state index in [1.807, 2.05) is 0 Å². The van der Waals surface area contributed by atoms with E-state index in [9.17, 15) is 26.4 Å². The molecule has 0 saturated carbocycles. The number of carbonyl (C=O) groups is 1. The molecule has 0 aliphatic heterocycles. The normalized spacial score (nSPS) is 11.8. The molecular weight excluding hydrogens is 525 g/mol. The first-order chi connectivity index (χ1) is 17.8. The molecule has 0 atom stereocenters. The minimum atomic E-state index is -4.71. The number of likely N-dealkylation sites (N-methyl/N-ethyl adjacent to an activating group) is 1. The third kappa shape index (κ3) is 7.16. The Kier molecular flexibility index (Phi) is 8.89. The number of amides is 1. The van der Waals surface area contributed by atoms with Crippen LogP contribution in [0, 0.1) is 0 Å². The molecule has 0 spiro atoms. The summed E-state index contributed by atoms with van der Waals surface area (Å²) >= 11 is 0. The lowest BCUT2D eigenvalue weighted by atomic mass is 10.1. The molecule has 0 unspecified atom stereocenters. The summed E-state index contributed by atoms with van der Waals surface area (Å²) in [7, 11) is -0.789. The highest BCUT2D eigenvalue weighted by molar-refractivity contribution is 7.92. The minimum Gasteiger partial charge on any atom is -0.395 e. The van der Waals surface area contributed by atoms with E-state index >= 15 is 0 Å². The van der Waals surface area contributed by atoms with Gasteiger partial charge in [-0.05, 0) is 42.7 Å². The summed E-state index contributed by atoms with van der Waals surface area (Å²) in [5, 5.41) is 11.9. The molecule has 38 heavy (non-hydrogen) atoms. The molecule has 1 amide bonds. The number of aliphatic hydroxyl groups is 1. The van der Waals surface area contributed by atoms with Crippen LogP contribution in [0.2, 0.25) is 0 Å². The molecule has 0 saturated heterocycles. The smallest absolute Gasteiger partial charge is 0.395 e. The molecule has 0 aliphatic rings. The number of rotatable bonds is 10. The second kappa shape index (κ2) is 11.7. The van der Waals surface area contributed by atoms with Gasteiger partial charge in [-0.1, -0.05) is 12.1 Å². The van der Waals surface area contributed by atoms with Crippen molar-refractivity contribution >= 4 is 33.4 Å². The molecule has 1 aromatic carbocycles. The van der Waals surface area contributed by atoms with E-state index in [0.29, 0.717) is 23.0 Å². The first-order valence-corrected chi connectivity index (χ1v) is 13.2. The Bertz CT molecular complexity index is 1400. The Labute approximate surface area is 218 Å². The number of nitrogens with one attached hydrogen (secondary N) is 1. The summed E-state index contributed by atoms with van der Waals surface area (Å²) in [5.41, 5.74) is -0.193. The van der Waals surface area contributed by atoms with Gasteiger partial charge < -0.3 is 15.3 Å². The van der Waals surface area contributed by atoms with E-state index in [1.54, 1.807) is 30.3 Å². The average molecular weight is 553 g/mol. The summed E-state index contributed by atoms with van der Waals surface area (Å²) in [6, 6.07) is 9.42. The molecule has 0 radical (unpaired) electrons. The van der Waals surface area contributed by atoms with Gasteiger partial charge in [0.25, 0.3) is 5.91 Å². The Morgan fingerprint density at radius 2 is 1.84 bits per heavy atom. The average Bonchev–Trinajstić information content (AvgIpc) is 2.86. The van der Waals surface area contributed by atoms with Crippen LogP contribution in [0.1, 0.15) is 27.2 Å². The number of hydrogen-bond acceptors (Lipinski definition) is 8. The van der Waals surface area contributed by atoms with Crippen molar-refractivity contribution < 1.29 is 31.5 Å². The number of halogens is 3. The van der Waals surface area contributed by atoms with E-state index < -0.39 is 21.8 Å². The van der Waals surface area contributed by atoms with Crippen LogP contribution in [0.4, 0.5) is 30.6 Å². The molecule has 0 bridgehead atoms. The largest absolute Gasteiger partial charge is 0.419 e. The monoisotopic (exact) mass is 552 g/mol. The molecule has 2 heterocycles. The van der Waals surface area contributed by atoms with Gasteiger partial charge in [0.15, 0.2) is 0 Å². The van der Waals surface area contributed by atoms with Crippen LogP contribution in [-0.4, -0.2) is 72.8 Å². The zero-order chi connectivity index (χ0) is 28.1. The number of aromatic nitrogens is 3. The van der Waals surface area contributed by atoms with Crippen molar-refractivity contribution in [1.82, 2.24) is 19.9 Å². The topological polar surface area (TPSA) is 129 Å². The van der Waals surface area contributed by atoms with Crippen LogP contribution in [0.5, 0.6) is 0 Å². The second-order valence-corrected chi connectivity index (χ2v) is 10.4. The summed E-state index contributed by atoms with van der Waals surface area (Å²) in [4.78, 5) is 25.8. The van der Waals surface area contributed by atoms with Crippen molar-refractivity contribution in [3.63, 3.8) is 0 Å². The van der Waals surface area contributed by atoms with Crippen LogP contribution in [-0.2, 0) is 29.0 Å². The first kappa shape index (κ1) is 28.8. The van der Waals surface area contributed by atoms with Crippen molar-refractivity contribution in [3.8, 4) is 0 Å². The van der Waals surface area contributed by atoms with Crippen molar-refractivity contribution in [3.05, 3.63) is 71.2 Å². The maximum atomic E-state index is 13.7. The lowest BCUT2D eigenvalue weighted by Gasteiger charge is -2.19. The number of pyridine rings is 1. The molecule has 0 fully saturated rings. The minimum absolute atomic E-state index is 0.0315. The van der Waals surface area contributed by atoms with E-state index in [0.717, 1.165) is 10.6 Å². The number of aryl methyl sites for hydroxylation is 2. The summed E-state index contributed by atoms with van der Waals surface area (Å²) in [5.74, 6) is -0.340. The van der Waals surface area contributed by atoms with E-state index in [-0.39, 0.29) is 49.4 Å². The highest BCUT2D eigenvalue weighted by Crippen LogP contribution is 2.32. The fourth-order valence-electron chi connectivity index (χ4n) is 3.55. The fourth-order valence-corrected chi connectivity index (χ4v) is 4.03. The highest BCUT2D eigenvalue weighted by Gasteiger charge is 2.35. The summed E-state index contributed by atoms with van der Waals surface area (Å²) in [6.07, 6.45) is -1.77. The van der Waals surface area contributed by atoms with E-state index in [2.05, 4.69) is 20.3 Å². The molecule has 14 heteroatoms. The molecule has 2 aromatic heterocycles. The number of nitrogens with zero attached hydrogens (tertiary/aromatic N) is 5. The number of alkyl halides is 3. The third-order valence-electron chi connectivity index (χ3n) is 5.62. The predicted molar refractivity (Wildman–Crippen MR) is 136 cm³/mol. The molecule has 2 N–H and O–H groups in total. The van der Waals surface area contributed by atoms with Crippen molar-refractivity contribution in [1.29, 1.82) is 0 Å². The third-order valence-corrected chi connectivity index (χ3v) is 6.78. The second-order valence-electron chi connectivity index (χ2n) is 8.42. The zero-order valence-corrected chi connectivity index (χ0v) is 21.7. The lowest BCUT2D eigenvalue weighted by Crippen LogP contribution is -2.29. The number of aliphatic hydroxyl groups excluding tert-OH is 1. The van der Waals surface area contributed by atoms with Gasteiger partial charge in [0.05, 0.1) is 24.1 Å². The Hall–Kier alpha value is -3.78. The first-order valence-electron chi connectivity index (χ1n) is 11.4. The predicted octanol–water partition coefficient (Wildman–Crippen LogP) is 2.88. The Balaban J connectivity index is 1.89. The molecule has 0 aliphatic carbocycles. The standard InChI is InChI=1S/C24H27F3N6O4S/c1-32(12-13-34)22(35)17-6-4-8-18(14-17)30-23-29-15-19(24(25,26)27)20(31-23)10-9-16-7-5-11-28-21(16)33(2)38(3,36)37/h4-8,11,14-15,34H,9-10,12-13H2,1-3H3,(H,29,30,31).